The summed E-state index contributed by atoms with van der Waals surface area (Å²) >= 11 is 0. The van der Waals surface area contributed by atoms with Crippen LogP contribution in [0.5, 0.6) is 0 Å². The van der Waals surface area contributed by atoms with Crippen LogP contribution in [0.2, 0.25) is 0 Å². The van der Waals surface area contributed by atoms with E-state index < -0.39 is 10.7 Å². The Kier molecular flexibility index (Phi) is 3.81. The molecule has 0 saturated heterocycles. The van der Waals surface area contributed by atoms with Crippen molar-refractivity contribution in [2.24, 2.45) is 5.73 Å². The first kappa shape index (κ1) is 13.1. The highest BCUT2D eigenvalue weighted by atomic mass is 19.1. The lowest BCUT2D eigenvalue weighted by Crippen LogP contribution is -2.00. The number of nitro groups is 1. The van der Waals surface area contributed by atoms with Gasteiger partial charge in [0.2, 0.25) is 5.89 Å². The van der Waals surface area contributed by atoms with E-state index in [9.17, 15) is 14.5 Å². The number of hydrogen-bond acceptors (Lipinski definition) is 6. The molecule has 0 aliphatic carbocycles. The molecule has 0 aliphatic rings. The second kappa shape index (κ2) is 5.53. The number of rotatable bonds is 5. The number of hydrogen-bond donors (Lipinski definition) is 1. The average Bonchev–Trinajstić information content (AvgIpc) is 2.84. The Morgan fingerprint density at radius 3 is 2.89 bits per heavy atom. The van der Waals surface area contributed by atoms with Gasteiger partial charge in [0.25, 0.3) is 11.6 Å². The number of nitrogens with zero attached hydrogens (tertiary/aromatic N) is 3. The highest BCUT2D eigenvalue weighted by Gasteiger charge is 2.21. The summed E-state index contributed by atoms with van der Waals surface area (Å²) < 4.78 is 18.4. The van der Waals surface area contributed by atoms with Gasteiger partial charge >= 0.3 is 0 Å². The Morgan fingerprint density at radius 2 is 2.21 bits per heavy atom. The normalized spacial score (nSPS) is 10.6. The third-order valence-corrected chi connectivity index (χ3v) is 2.45. The molecule has 19 heavy (non-hydrogen) atoms. The minimum absolute atomic E-state index is 0.0310. The van der Waals surface area contributed by atoms with Gasteiger partial charge in [-0.15, -0.1) is 10.2 Å². The molecular formula is C11H11FN4O3. The quantitative estimate of drug-likeness (QED) is 0.651. The SMILES string of the molecule is NCCCc1nnc(-c2cc(F)ccc2[N+](=O)[O-])o1. The van der Waals surface area contributed by atoms with Crippen LogP contribution in [0.3, 0.4) is 0 Å². The summed E-state index contributed by atoms with van der Waals surface area (Å²) in [5, 5.41) is 18.3. The van der Waals surface area contributed by atoms with Gasteiger partial charge < -0.3 is 10.2 Å². The summed E-state index contributed by atoms with van der Waals surface area (Å²) in [6.45, 7) is 0.470. The Balaban J connectivity index is 2.37. The number of benzene rings is 1. The molecule has 2 aromatic rings. The van der Waals surface area contributed by atoms with Crippen molar-refractivity contribution in [1.82, 2.24) is 10.2 Å². The highest BCUT2D eigenvalue weighted by Crippen LogP contribution is 2.29. The van der Waals surface area contributed by atoms with Gasteiger partial charge in [0.05, 0.1) is 4.92 Å². The zero-order chi connectivity index (χ0) is 13.8. The first-order chi connectivity index (χ1) is 9.11. The summed E-state index contributed by atoms with van der Waals surface area (Å²) in [7, 11) is 0. The monoisotopic (exact) mass is 266 g/mol. The molecule has 0 saturated carbocycles. The smallest absolute Gasteiger partial charge is 0.282 e. The summed E-state index contributed by atoms with van der Waals surface area (Å²) in [4.78, 5) is 10.2. The van der Waals surface area contributed by atoms with Crippen molar-refractivity contribution >= 4 is 5.69 Å². The summed E-state index contributed by atoms with van der Waals surface area (Å²) in [6, 6.07) is 3.07. The van der Waals surface area contributed by atoms with Crippen LogP contribution in [-0.4, -0.2) is 21.7 Å². The van der Waals surface area contributed by atoms with Crippen LogP contribution >= 0.6 is 0 Å². The van der Waals surface area contributed by atoms with Gasteiger partial charge in [0.1, 0.15) is 11.4 Å². The van der Waals surface area contributed by atoms with E-state index in [1.165, 1.54) is 0 Å². The summed E-state index contributed by atoms with van der Waals surface area (Å²) in [5.41, 5.74) is 5.04. The van der Waals surface area contributed by atoms with Crippen molar-refractivity contribution in [2.75, 3.05) is 6.54 Å². The predicted molar refractivity (Wildman–Crippen MR) is 63.7 cm³/mol. The molecular weight excluding hydrogens is 255 g/mol. The molecule has 8 heteroatoms. The number of aryl methyl sites for hydroxylation is 1. The molecule has 1 heterocycles. The fourth-order valence-electron chi connectivity index (χ4n) is 1.56. The van der Waals surface area contributed by atoms with Crippen molar-refractivity contribution in [2.45, 2.75) is 12.8 Å². The molecule has 0 amide bonds. The molecule has 0 atom stereocenters. The minimum Gasteiger partial charge on any atom is -0.420 e. The number of nitrogens with two attached hydrogens (primary N) is 1. The maximum Gasteiger partial charge on any atom is 0.282 e. The van der Waals surface area contributed by atoms with Gasteiger partial charge in [0.15, 0.2) is 0 Å². The summed E-state index contributed by atoms with van der Waals surface area (Å²) in [5.74, 6) is -0.362. The Labute approximate surface area is 107 Å². The Hall–Kier alpha value is -2.35. The fourth-order valence-corrected chi connectivity index (χ4v) is 1.56. The predicted octanol–water partition coefficient (Wildman–Crippen LogP) is 1.68. The van der Waals surface area contributed by atoms with Gasteiger partial charge in [0, 0.05) is 12.5 Å². The van der Waals surface area contributed by atoms with Crippen LogP contribution in [0.25, 0.3) is 11.5 Å². The third-order valence-electron chi connectivity index (χ3n) is 2.45. The molecule has 0 aliphatic heterocycles. The molecule has 1 aromatic heterocycles. The highest BCUT2D eigenvalue weighted by molar-refractivity contribution is 5.66. The van der Waals surface area contributed by atoms with Crippen molar-refractivity contribution in [3.05, 3.63) is 40.0 Å². The van der Waals surface area contributed by atoms with Crippen molar-refractivity contribution in [1.29, 1.82) is 0 Å². The standard InChI is InChI=1S/C11H11FN4O3/c12-7-3-4-9(16(17)18)8(6-7)11-15-14-10(19-11)2-1-5-13/h3-4,6H,1-2,5,13H2. The molecule has 0 unspecified atom stereocenters. The molecule has 1 aromatic carbocycles. The van der Waals surface area contributed by atoms with Gasteiger partial charge in [-0.1, -0.05) is 0 Å². The van der Waals surface area contributed by atoms with Crippen molar-refractivity contribution < 1.29 is 13.7 Å². The molecule has 2 N–H and O–H groups in total. The van der Waals surface area contributed by atoms with Gasteiger partial charge in [-0.3, -0.25) is 10.1 Å². The molecule has 0 bridgehead atoms. The zero-order valence-electron chi connectivity index (χ0n) is 9.88. The number of aromatic nitrogens is 2. The molecule has 0 spiro atoms. The fraction of sp³-hybridized carbons (Fsp3) is 0.273. The third kappa shape index (κ3) is 2.91. The van der Waals surface area contributed by atoms with Crippen molar-refractivity contribution in [3.8, 4) is 11.5 Å². The maximum absolute atomic E-state index is 13.2. The second-order valence-electron chi connectivity index (χ2n) is 3.81. The molecule has 2 rings (SSSR count). The van der Waals surface area contributed by atoms with Crippen LogP contribution in [-0.2, 0) is 6.42 Å². The van der Waals surface area contributed by atoms with E-state index in [0.717, 1.165) is 18.2 Å². The average molecular weight is 266 g/mol. The van der Waals surface area contributed by atoms with E-state index in [1.54, 1.807) is 0 Å². The lowest BCUT2D eigenvalue weighted by molar-refractivity contribution is -0.384. The van der Waals surface area contributed by atoms with Gasteiger partial charge in [-0.05, 0) is 25.1 Å². The van der Waals surface area contributed by atoms with E-state index in [0.29, 0.717) is 25.3 Å². The zero-order valence-corrected chi connectivity index (χ0v) is 9.88. The van der Waals surface area contributed by atoms with E-state index >= 15 is 0 Å². The minimum atomic E-state index is -0.626. The molecule has 100 valence electrons. The van der Waals surface area contributed by atoms with Gasteiger partial charge in [-0.25, -0.2) is 4.39 Å². The topological polar surface area (TPSA) is 108 Å². The lowest BCUT2D eigenvalue weighted by atomic mass is 10.2. The van der Waals surface area contributed by atoms with E-state index in [2.05, 4.69) is 10.2 Å². The molecule has 7 nitrogen and oxygen atoms in total. The summed E-state index contributed by atoms with van der Waals surface area (Å²) in [6.07, 6.45) is 1.14. The first-order valence-electron chi connectivity index (χ1n) is 5.58. The number of halogens is 1. The van der Waals surface area contributed by atoms with E-state index in [-0.39, 0.29) is 17.1 Å². The Bertz CT molecular complexity index is 599. The molecule has 0 radical (unpaired) electrons. The van der Waals surface area contributed by atoms with Crippen molar-refractivity contribution in [3.63, 3.8) is 0 Å². The maximum atomic E-state index is 13.2. The van der Waals surface area contributed by atoms with Crippen LogP contribution < -0.4 is 5.73 Å². The van der Waals surface area contributed by atoms with Gasteiger partial charge in [-0.2, -0.15) is 0 Å². The second-order valence-corrected chi connectivity index (χ2v) is 3.81. The lowest BCUT2D eigenvalue weighted by Gasteiger charge is -1.98. The first-order valence-corrected chi connectivity index (χ1v) is 5.58. The van der Waals surface area contributed by atoms with Crippen LogP contribution in [0.15, 0.2) is 22.6 Å². The van der Waals surface area contributed by atoms with E-state index in [1.807, 2.05) is 0 Å². The number of nitro benzene ring substituents is 1. The van der Waals surface area contributed by atoms with Crippen LogP contribution in [0.4, 0.5) is 10.1 Å². The van der Waals surface area contributed by atoms with Crippen LogP contribution in [0, 0.1) is 15.9 Å². The molecule has 0 fully saturated rings. The Morgan fingerprint density at radius 1 is 1.42 bits per heavy atom. The largest absolute Gasteiger partial charge is 0.420 e. The van der Waals surface area contributed by atoms with Crippen LogP contribution in [0.1, 0.15) is 12.3 Å². The van der Waals surface area contributed by atoms with E-state index in [4.69, 9.17) is 10.2 Å².